The summed E-state index contributed by atoms with van der Waals surface area (Å²) in [6.07, 6.45) is 3.82. The first-order chi connectivity index (χ1) is 15.1. The lowest BCUT2D eigenvalue weighted by Gasteiger charge is -2.36. The first-order valence-electron chi connectivity index (χ1n) is 10.4. The van der Waals surface area contributed by atoms with Gasteiger partial charge in [0, 0.05) is 5.56 Å². The second-order valence-electron chi connectivity index (χ2n) is 8.86. The fourth-order valence-electron chi connectivity index (χ4n) is 3.98. The molecular weight excluding hydrogens is 410 g/mol. The summed E-state index contributed by atoms with van der Waals surface area (Å²) in [7, 11) is 0. The summed E-state index contributed by atoms with van der Waals surface area (Å²) in [6, 6.07) is 6.22. The van der Waals surface area contributed by atoms with Crippen LogP contribution in [0.1, 0.15) is 56.1 Å². The predicted octanol–water partition coefficient (Wildman–Crippen LogP) is 4.46. The van der Waals surface area contributed by atoms with Gasteiger partial charge in [0.15, 0.2) is 6.10 Å². The third kappa shape index (κ3) is 3.69. The molecule has 4 rings (SSSR count). The number of oxime groups is 1. The summed E-state index contributed by atoms with van der Waals surface area (Å²) in [4.78, 5) is 0. The van der Waals surface area contributed by atoms with Crippen molar-refractivity contribution in [2.75, 3.05) is 0 Å². The summed E-state index contributed by atoms with van der Waals surface area (Å²) in [5.74, 6) is 0.679. The molecule has 0 bridgehead atoms. The minimum atomic E-state index is -1.35. The van der Waals surface area contributed by atoms with Crippen LogP contribution < -0.4 is 9.47 Å². The normalized spacial score (nSPS) is 21.8. The van der Waals surface area contributed by atoms with Gasteiger partial charge in [0.25, 0.3) is 0 Å². The molecule has 2 heterocycles. The zero-order chi connectivity index (χ0) is 23.2. The zero-order valence-corrected chi connectivity index (χ0v) is 18.5. The Hall–Kier alpha value is -3.45. The van der Waals surface area contributed by atoms with Crippen molar-refractivity contribution in [3.8, 4) is 23.0 Å². The highest BCUT2D eigenvalue weighted by atomic mass is 16.5. The third-order valence-electron chi connectivity index (χ3n) is 5.64. The van der Waals surface area contributed by atoms with Gasteiger partial charge in [0.05, 0.1) is 11.1 Å². The second kappa shape index (κ2) is 7.91. The maximum Gasteiger partial charge on any atom is 0.155 e. The Kier molecular flexibility index (Phi) is 5.38. The largest absolute Gasteiger partial charge is 0.508 e. The number of aliphatic hydroxyl groups excluding tert-OH is 1. The number of fused-ring (bicyclic) bond motifs is 2. The molecule has 0 saturated carbocycles. The van der Waals surface area contributed by atoms with Crippen molar-refractivity contribution in [3.05, 3.63) is 64.2 Å². The number of phenols is 2. The van der Waals surface area contributed by atoms with Crippen LogP contribution in [-0.2, 0) is 6.42 Å². The molecule has 2 aromatic rings. The number of benzene rings is 2. The Labute approximate surface area is 186 Å². The number of allylic oxidation sites excluding steroid dienone is 2. The molecule has 0 spiro atoms. The van der Waals surface area contributed by atoms with Crippen LogP contribution in [-0.4, -0.2) is 37.9 Å². The van der Waals surface area contributed by atoms with Crippen molar-refractivity contribution >= 4 is 11.8 Å². The summed E-state index contributed by atoms with van der Waals surface area (Å²) < 4.78 is 12.5. The van der Waals surface area contributed by atoms with Crippen LogP contribution in [0.2, 0.25) is 0 Å². The highest BCUT2D eigenvalue weighted by Crippen LogP contribution is 2.51. The Morgan fingerprint density at radius 3 is 2.44 bits per heavy atom. The minimum absolute atomic E-state index is 0.0777. The van der Waals surface area contributed by atoms with Gasteiger partial charge < -0.3 is 30.0 Å². The van der Waals surface area contributed by atoms with Crippen LogP contribution in [0, 0.1) is 0 Å². The molecule has 7 nitrogen and oxygen atoms in total. The van der Waals surface area contributed by atoms with E-state index in [9.17, 15) is 20.5 Å². The number of aliphatic hydroxyl groups is 1. The summed E-state index contributed by atoms with van der Waals surface area (Å²) in [5.41, 5.74) is 2.25. The maximum absolute atomic E-state index is 11.1. The summed E-state index contributed by atoms with van der Waals surface area (Å²) in [5, 5.41) is 44.8. The Morgan fingerprint density at radius 2 is 1.81 bits per heavy atom. The first kappa shape index (κ1) is 21.8. The molecule has 0 saturated heterocycles. The molecule has 0 fully saturated rings. The average Bonchev–Trinajstić information content (AvgIpc) is 2.73. The Balaban J connectivity index is 1.97. The van der Waals surface area contributed by atoms with E-state index in [1.165, 1.54) is 12.1 Å². The van der Waals surface area contributed by atoms with Crippen molar-refractivity contribution < 1.29 is 30.0 Å². The van der Waals surface area contributed by atoms with Gasteiger partial charge >= 0.3 is 0 Å². The predicted molar refractivity (Wildman–Crippen MR) is 121 cm³/mol. The molecule has 168 valence electrons. The van der Waals surface area contributed by atoms with Gasteiger partial charge in [-0.05, 0) is 64.0 Å². The molecule has 0 radical (unpaired) electrons. The van der Waals surface area contributed by atoms with E-state index in [1.54, 1.807) is 18.2 Å². The smallest absolute Gasteiger partial charge is 0.155 e. The minimum Gasteiger partial charge on any atom is -0.508 e. The molecule has 2 aromatic carbocycles. The summed E-state index contributed by atoms with van der Waals surface area (Å²) in [6.45, 7) is 7.79. The molecular formula is C25H27NO6. The molecule has 7 heteroatoms. The standard InChI is InChI=1S/C25H27NO6/c1-13(2)5-10-17-23-16(11-12-25(3,4)32-23)20(28)18-19(26-30)21(29)22(31-24(17)18)14-6-8-15(27)9-7-14/h5-9,11-12,21-22,27-30H,10H2,1-4H3/b26-19-/t21-,22+/m0/s1. The van der Waals surface area contributed by atoms with Crippen LogP contribution in [0.5, 0.6) is 23.0 Å². The fraction of sp³-hybridized carbons (Fsp3) is 0.320. The van der Waals surface area contributed by atoms with Gasteiger partial charge in [-0.2, -0.15) is 0 Å². The van der Waals surface area contributed by atoms with E-state index in [-0.39, 0.29) is 22.8 Å². The van der Waals surface area contributed by atoms with Crippen molar-refractivity contribution in [3.63, 3.8) is 0 Å². The highest BCUT2D eigenvalue weighted by Gasteiger charge is 2.42. The summed E-state index contributed by atoms with van der Waals surface area (Å²) >= 11 is 0. The van der Waals surface area contributed by atoms with Gasteiger partial charge in [-0.25, -0.2) is 0 Å². The van der Waals surface area contributed by atoms with E-state index in [4.69, 9.17) is 9.47 Å². The fourth-order valence-corrected chi connectivity index (χ4v) is 3.98. The molecule has 2 atom stereocenters. The van der Waals surface area contributed by atoms with Crippen LogP contribution in [0.4, 0.5) is 0 Å². The molecule has 0 aromatic heterocycles. The first-order valence-corrected chi connectivity index (χ1v) is 10.4. The average molecular weight is 437 g/mol. The lowest BCUT2D eigenvalue weighted by Crippen LogP contribution is -2.38. The molecule has 2 aliphatic rings. The van der Waals surface area contributed by atoms with E-state index < -0.39 is 17.8 Å². The van der Waals surface area contributed by atoms with E-state index >= 15 is 0 Å². The highest BCUT2D eigenvalue weighted by molar-refractivity contribution is 6.10. The molecule has 32 heavy (non-hydrogen) atoms. The van der Waals surface area contributed by atoms with E-state index in [2.05, 4.69) is 5.16 Å². The van der Waals surface area contributed by atoms with Crippen LogP contribution in [0.3, 0.4) is 0 Å². The molecule has 0 amide bonds. The third-order valence-corrected chi connectivity index (χ3v) is 5.64. The van der Waals surface area contributed by atoms with Crippen molar-refractivity contribution in [2.45, 2.75) is 51.9 Å². The van der Waals surface area contributed by atoms with Crippen LogP contribution in [0.15, 0.2) is 47.1 Å². The van der Waals surface area contributed by atoms with E-state index in [1.807, 2.05) is 39.8 Å². The van der Waals surface area contributed by atoms with E-state index in [0.717, 1.165) is 5.57 Å². The van der Waals surface area contributed by atoms with Crippen molar-refractivity contribution in [1.82, 2.24) is 0 Å². The van der Waals surface area contributed by atoms with Crippen LogP contribution >= 0.6 is 0 Å². The number of phenolic OH excluding ortho intramolecular Hbond substituents is 2. The Morgan fingerprint density at radius 1 is 1.12 bits per heavy atom. The monoisotopic (exact) mass is 437 g/mol. The second-order valence-corrected chi connectivity index (χ2v) is 8.86. The molecule has 4 N–H and O–H groups in total. The van der Waals surface area contributed by atoms with Gasteiger partial charge in [-0.3, -0.25) is 0 Å². The van der Waals surface area contributed by atoms with Gasteiger partial charge in [0.1, 0.15) is 40.4 Å². The maximum atomic E-state index is 11.1. The molecule has 0 unspecified atom stereocenters. The number of hydrogen-bond donors (Lipinski definition) is 4. The molecule has 0 aliphatic carbocycles. The number of aromatic hydroxyl groups is 2. The number of ether oxygens (including phenoxy) is 2. The number of hydrogen-bond acceptors (Lipinski definition) is 7. The lowest BCUT2D eigenvalue weighted by atomic mass is 9.86. The number of nitrogens with zero attached hydrogens (tertiary/aromatic N) is 1. The quantitative estimate of drug-likeness (QED) is 0.320. The van der Waals surface area contributed by atoms with E-state index in [0.29, 0.717) is 34.6 Å². The van der Waals surface area contributed by atoms with Gasteiger partial charge in [-0.1, -0.05) is 28.9 Å². The van der Waals surface area contributed by atoms with Gasteiger partial charge in [-0.15, -0.1) is 0 Å². The zero-order valence-electron chi connectivity index (χ0n) is 18.5. The molecule has 2 aliphatic heterocycles. The van der Waals surface area contributed by atoms with Crippen LogP contribution in [0.25, 0.3) is 6.08 Å². The van der Waals surface area contributed by atoms with Crippen molar-refractivity contribution in [1.29, 1.82) is 0 Å². The lowest BCUT2D eigenvalue weighted by molar-refractivity contribution is 0.0666. The Bertz CT molecular complexity index is 1140. The number of rotatable bonds is 3. The topological polar surface area (TPSA) is 112 Å². The van der Waals surface area contributed by atoms with Gasteiger partial charge in [0.2, 0.25) is 0 Å². The SMILES string of the molecule is CC(C)=CCc1c2c(c(O)c3c1O[C@H](c1ccc(O)cc1)[C@@H](O)/C3=N\O)C=CC(C)(C)O2. The van der Waals surface area contributed by atoms with Crippen molar-refractivity contribution in [2.24, 2.45) is 5.16 Å².